The number of rotatable bonds is 4. The number of amides is 1. The topological polar surface area (TPSA) is 36.4 Å². The summed E-state index contributed by atoms with van der Waals surface area (Å²) >= 11 is 1.72. The van der Waals surface area contributed by atoms with Gasteiger partial charge in [0.1, 0.15) is 0 Å². The maximum absolute atomic E-state index is 12.2. The third kappa shape index (κ3) is 5.67. The molecule has 1 aliphatic heterocycles. The molecule has 1 aliphatic rings. The van der Waals surface area contributed by atoms with Crippen molar-refractivity contribution in [1.82, 2.24) is 14.8 Å². The van der Waals surface area contributed by atoms with Crippen LogP contribution in [0.1, 0.15) is 26.5 Å². The highest BCUT2D eigenvalue weighted by Gasteiger charge is 2.22. The Morgan fingerprint density at radius 1 is 1.24 bits per heavy atom. The fraction of sp³-hybridized carbons (Fsp3) is 0.625. The van der Waals surface area contributed by atoms with Crippen molar-refractivity contribution in [3.05, 3.63) is 30.1 Å². The zero-order chi connectivity index (χ0) is 15.3. The standard InChI is InChI=1S/C16H25N3OS/c1-16(2,3)21-13-15(20)19-10-8-18(9-11-19)12-14-6-4-5-7-17-14/h4-7H,8-13H2,1-3H3. The number of carbonyl (C=O) groups excluding carboxylic acids is 1. The van der Waals surface area contributed by atoms with Gasteiger partial charge in [-0.1, -0.05) is 26.8 Å². The maximum atomic E-state index is 12.2. The molecule has 116 valence electrons. The van der Waals surface area contributed by atoms with E-state index in [4.69, 9.17) is 0 Å². The van der Waals surface area contributed by atoms with E-state index in [9.17, 15) is 4.79 Å². The fourth-order valence-corrected chi connectivity index (χ4v) is 2.98. The minimum Gasteiger partial charge on any atom is -0.339 e. The van der Waals surface area contributed by atoms with E-state index < -0.39 is 0 Å². The molecule has 0 radical (unpaired) electrons. The first-order valence-corrected chi connectivity index (χ1v) is 8.46. The van der Waals surface area contributed by atoms with Crippen LogP contribution in [0.3, 0.4) is 0 Å². The van der Waals surface area contributed by atoms with Gasteiger partial charge < -0.3 is 4.90 Å². The van der Waals surface area contributed by atoms with E-state index in [0.29, 0.717) is 5.75 Å². The normalized spacial score (nSPS) is 17.0. The van der Waals surface area contributed by atoms with Gasteiger partial charge in [-0.2, -0.15) is 0 Å². The summed E-state index contributed by atoms with van der Waals surface area (Å²) in [5.74, 6) is 0.858. The van der Waals surface area contributed by atoms with Crippen molar-refractivity contribution in [3.63, 3.8) is 0 Å². The maximum Gasteiger partial charge on any atom is 0.232 e. The molecule has 1 fully saturated rings. The first-order valence-electron chi connectivity index (χ1n) is 7.48. The Labute approximate surface area is 131 Å². The minimum absolute atomic E-state index is 0.149. The van der Waals surface area contributed by atoms with E-state index in [1.165, 1.54) is 0 Å². The molecule has 0 aromatic carbocycles. The highest BCUT2D eigenvalue weighted by molar-refractivity contribution is 8.01. The summed E-state index contributed by atoms with van der Waals surface area (Å²) < 4.78 is 0.149. The van der Waals surface area contributed by atoms with E-state index in [1.807, 2.05) is 23.2 Å². The summed E-state index contributed by atoms with van der Waals surface area (Å²) in [6, 6.07) is 6.01. The molecule has 0 atom stereocenters. The predicted octanol–water partition coefficient (Wildman–Crippen LogP) is 2.26. The summed E-state index contributed by atoms with van der Waals surface area (Å²) in [5.41, 5.74) is 1.10. The first-order chi connectivity index (χ1) is 9.94. The lowest BCUT2D eigenvalue weighted by molar-refractivity contribution is -0.130. The Hall–Kier alpha value is -1.07. The quantitative estimate of drug-likeness (QED) is 0.855. The molecule has 0 spiro atoms. The average Bonchev–Trinajstić information content (AvgIpc) is 2.46. The van der Waals surface area contributed by atoms with Gasteiger partial charge in [-0.05, 0) is 12.1 Å². The molecule has 2 heterocycles. The smallest absolute Gasteiger partial charge is 0.232 e. The van der Waals surface area contributed by atoms with Crippen molar-refractivity contribution in [2.24, 2.45) is 0 Å². The largest absolute Gasteiger partial charge is 0.339 e. The van der Waals surface area contributed by atoms with Gasteiger partial charge in [-0.3, -0.25) is 14.7 Å². The zero-order valence-corrected chi connectivity index (χ0v) is 14.0. The van der Waals surface area contributed by atoms with Crippen LogP contribution < -0.4 is 0 Å². The highest BCUT2D eigenvalue weighted by atomic mass is 32.2. The van der Waals surface area contributed by atoms with Crippen molar-refractivity contribution in [2.75, 3.05) is 31.9 Å². The number of aromatic nitrogens is 1. The predicted molar refractivity (Wildman–Crippen MR) is 88.3 cm³/mol. The second kappa shape index (κ2) is 7.27. The monoisotopic (exact) mass is 307 g/mol. The van der Waals surface area contributed by atoms with E-state index in [0.717, 1.165) is 38.4 Å². The molecule has 0 bridgehead atoms. The van der Waals surface area contributed by atoms with Crippen LogP contribution >= 0.6 is 11.8 Å². The molecule has 2 rings (SSSR count). The molecule has 1 amide bonds. The molecular weight excluding hydrogens is 282 g/mol. The van der Waals surface area contributed by atoms with Gasteiger partial charge >= 0.3 is 0 Å². The van der Waals surface area contributed by atoms with E-state index in [-0.39, 0.29) is 10.7 Å². The van der Waals surface area contributed by atoms with Gasteiger partial charge in [-0.25, -0.2) is 0 Å². The van der Waals surface area contributed by atoms with E-state index in [1.54, 1.807) is 11.8 Å². The molecule has 0 N–H and O–H groups in total. The first kappa shape index (κ1) is 16.3. The molecule has 5 heteroatoms. The lowest BCUT2D eigenvalue weighted by atomic mass is 10.2. The molecule has 1 aromatic heterocycles. The molecule has 21 heavy (non-hydrogen) atoms. The van der Waals surface area contributed by atoms with Crippen LogP contribution in [0.5, 0.6) is 0 Å². The summed E-state index contributed by atoms with van der Waals surface area (Å²) in [6.45, 7) is 10.8. The number of hydrogen-bond acceptors (Lipinski definition) is 4. The zero-order valence-electron chi connectivity index (χ0n) is 13.2. The third-order valence-electron chi connectivity index (χ3n) is 3.47. The number of pyridine rings is 1. The molecule has 1 saturated heterocycles. The third-order valence-corrected chi connectivity index (χ3v) is 4.72. The molecule has 1 aromatic rings. The lowest BCUT2D eigenvalue weighted by Crippen LogP contribution is -2.49. The summed E-state index contributed by atoms with van der Waals surface area (Å²) in [4.78, 5) is 20.9. The Morgan fingerprint density at radius 2 is 1.95 bits per heavy atom. The van der Waals surface area contributed by atoms with Gasteiger partial charge in [0.05, 0.1) is 11.4 Å². The SMILES string of the molecule is CC(C)(C)SCC(=O)N1CCN(Cc2ccccn2)CC1. The number of piperazine rings is 1. The minimum atomic E-state index is 0.149. The summed E-state index contributed by atoms with van der Waals surface area (Å²) in [6.07, 6.45) is 1.83. The van der Waals surface area contributed by atoms with Crippen LogP contribution in [-0.2, 0) is 11.3 Å². The average molecular weight is 307 g/mol. The van der Waals surface area contributed by atoms with E-state index in [2.05, 4.69) is 36.7 Å². The van der Waals surface area contributed by atoms with Crippen LogP contribution in [0, 0.1) is 0 Å². The molecular formula is C16H25N3OS. The second-order valence-electron chi connectivity index (χ2n) is 6.38. The van der Waals surface area contributed by atoms with Crippen molar-refractivity contribution >= 4 is 17.7 Å². The van der Waals surface area contributed by atoms with Gasteiger partial charge in [0, 0.05) is 43.7 Å². The van der Waals surface area contributed by atoms with Gasteiger partial charge in [0.2, 0.25) is 5.91 Å². The number of carbonyl (C=O) groups is 1. The summed E-state index contributed by atoms with van der Waals surface area (Å²) in [7, 11) is 0. The van der Waals surface area contributed by atoms with E-state index >= 15 is 0 Å². The van der Waals surface area contributed by atoms with Gasteiger partial charge in [0.15, 0.2) is 0 Å². The molecule has 4 nitrogen and oxygen atoms in total. The molecule has 0 aliphatic carbocycles. The number of hydrogen-bond donors (Lipinski definition) is 0. The Kier molecular flexibility index (Phi) is 5.65. The van der Waals surface area contributed by atoms with Crippen LogP contribution in [0.25, 0.3) is 0 Å². The molecule has 0 unspecified atom stereocenters. The second-order valence-corrected chi connectivity index (χ2v) is 8.18. The van der Waals surface area contributed by atoms with Gasteiger partial charge in [-0.15, -0.1) is 11.8 Å². The Morgan fingerprint density at radius 3 is 2.52 bits per heavy atom. The Bertz CT molecular complexity index is 450. The van der Waals surface area contributed by atoms with Gasteiger partial charge in [0.25, 0.3) is 0 Å². The fourth-order valence-electron chi connectivity index (χ4n) is 2.25. The van der Waals surface area contributed by atoms with Crippen LogP contribution in [0.4, 0.5) is 0 Å². The van der Waals surface area contributed by atoms with Crippen LogP contribution in [-0.4, -0.2) is 57.4 Å². The highest BCUT2D eigenvalue weighted by Crippen LogP contribution is 2.23. The summed E-state index contributed by atoms with van der Waals surface area (Å²) in [5, 5.41) is 0. The lowest BCUT2D eigenvalue weighted by Gasteiger charge is -2.35. The van der Waals surface area contributed by atoms with Crippen LogP contribution in [0.2, 0.25) is 0 Å². The number of thioether (sulfide) groups is 1. The Balaban J connectivity index is 1.74. The van der Waals surface area contributed by atoms with Crippen LogP contribution in [0.15, 0.2) is 24.4 Å². The molecule has 0 saturated carbocycles. The van der Waals surface area contributed by atoms with Crippen molar-refractivity contribution in [1.29, 1.82) is 0 Å². The van der Waals surface area contributed by atoms with Crippen molar-refractivity contribution < 1.29 is 4.79 Å². The number of nitrogens with zero attached hydrogens (tertiary/aromatic N) is 3. The van der Waals surface area contributed by atoms with Crippen molar-refractivity contribution in [2.45, 2.75) is 32.1 Å². The van der Waals surface area contributed by atoms with Crippen molar-refractivity contribution in [3.8, 4) is 0 Å².